The van der Waals surface area contributed by atoms with Crippen molar-refractivity contribution < 1.29 is 27.8 Å². The lowest BCUT2D eigenvalue weighted by molar-refractivity contribution is -0.137. The average Bonchev–Trinajstić information content (AvgIpc) is 2.80. The monoisotopic (exact) mass is 301 g/mol. The van der Waals surface area contributed by atoms with Gasteiger partial charge in [0.25, 0.3) is 0 Å². The molecule has 110 valence electrons. The molecule has 0 saturated heterocycles. The number of sulfone groups is 1. The minimum absolute atomic E-state index is 0.0202. The summed E-state index contributed by atoms with van der Waals surface area (Å²) in [4.78, 5) is 10.6. The summed E-state index contributed by atoms with van der Waals surface area (Å²) in [5, 5.41) is 8.67. The second-order valence-electron chi connectivity index (χ2n) is 4.55. The van der Waals surface area contributed by atoms with Crippen LogP contribution in [0.15, 0.2) is 17.0 Å². The highest BCUT2D eigenvalue weighted by molar-refractivity contribution is 7.90. The van der Waals surface area contributed by atoms with Gasteiger partial charge in [-0.15, -0.1) is 0 Å². The molecule has 0 radical (unpaired) electrons. The van der Waals surface area contributed by atoms with Crippen molar-refractivity contribution in [3.8, 4) is 11.5 Å². The first kappa shape index (κ1) is 14.6. The Labute approximate surface area is 116 Å². The molecule has 1 unspecified atom stereocenters. The zero-order valence-electron chi connectivity index (χ0n) is 10.8. The molecule has 0 aliphatic carbocycles. The van der Waals surface area contributed by atoms with Gasteiger partial charge < -0.3 is 20.3 Å². The lowest BCUT2D eigenvalue weighted by atomic mass is 10.0. The van der Waals surface area contributed by atoms with Crippen molar-refractivity contribution in [1.29, 1.82) is 0 Å². The molecule has 1 atom stereocenters. The fourth-order valence-electron chi connectivity index (χ4n) is 1.98. The summed E-state index contributed by atoms with van der Waals surface area (Å²) < 4.78 is 34.0. The number of aliphatic carboxylic acids is 1. The van der Waals surface area contributed by atoms with E-state index in [9.17, 15) is 13.2 Å². The van der Waals surface area contributed by atoms with Gasteiger partial charge >= 0.3 is 5.97 Å². The average molecular weight is 301 g/mol. The third-order valence-corrected chi connectivity index (χ3v) is 4.13. The number of nitrogens with two attached hydrogens (primary N) is 1. The quantitative estimate of drug-likeness (QED) is 0.821. The summed E-state index contributed by atoms with van der Waals surface area (Å²) in [7, 11) is -3.50. The largest absolute Gasteiger partial charge is 0.481 e. The molecule has 2 rings (SSSR count). The van der Waals surface area contributed by atoms with Crippen LogP contribution in [0.2, 0.25) is 0 Å². The SMILES string of the molecule is CS(=O)(=O)c1cc2c(cc1C(N)CCC(=O)O)OCO2. The number of hydrogen-bond acceptors (Lipinski definition) is 6. The van der Waals surface area contributed by atoms with E-state index in [1.165, 1.54) is 12.1 Å². The fourth-order valence-corrected chi connectivity index (χ4v) is 2.94. The first-order chi connectivity index (χ1) is 9.29. The van der Waals surface area contributed by atoms with Crippen LogP contribution in [0, 0.1) is 0 Å². The van der Waals surface area contributed by atoms with E-state index in [1.54, 1.807) is 0 Å². The zero-order chi connectivity index (χ0) is 14.9. The van der Waals surface area contributed by atoms with Crippen molar-refractivity contribution in [2.75, 3.05) is 13.0 Å². The van der Waals surface area contributed by atoms with Crippen molar-refractivity contribution in [2.24, 2.45) is 5.73 Å². The Morgan fingerprint density at radius 3 is 2.55 bits per heavy atom. The Hall–Kier alpha value is -1.80. The number of hydrogen-bond donors (Lipinski definition) is 2. The molecule has 1 heterocycles. The normalized spacial score (nSPS) is 15.1. The molecular formula is C12H15NO6S. The summed E-state index contributed by atoms with van der Waals surface area (Å²) in [6.07, 6.45) is 1.06. The van der Waals surface area contributed by atoms with Crippen LogP contribution in [0.1, 0.15) is 24.4 Å². The standard InChI is InChI=1S/C12H15NO6S/c1-20(16,17)11-5-10-9(18-6-19-10)4-7(11)8(13)2-3-12(14)15/h4-5,8H,2-3,6,13H2,1H3,(H,14,15). The van der Waals surface area contributed by atoms with Crippen LogP contribution in [0.5, 0.6) is 11.5 Å². The Bertz CT molecular complexity index is 640. The van der Waals surface area contributed by atoms with Gasteiger partial charge in [-0.3, -0.25) is 4.79 Å². The molecule has 0 aromatic heterocycles. The van der Waals surface area contributed by atoms with E-state index in [4.69, 9.17) is 20.3 Å². The van der Waals surface area contributed by atoms with Gasteiger partial charge in [0.05, 0.1) is 4.90 Å². The third-order valence-electron chi connectivity index (χ3n) is 2.97. The smallest absolute Gasteiger partial charge is 0.303 e. The molecule has 0 spiro atoms. The van der Waals surface area contributed by atoms with E-state index in [1.807, 2.05) is 0 Å². The van der Waals surface area contributed by atoms with Gasteiger partial charge in [0.15, 0.2) is 21.3 Å². The molecule has 20 heavy (non-hydrogen) atoms. The predicted molar refractivity (Wildman–Crippen MR) is 69.5 cm³/mol. The minimum atomic E-state index is -3.50. The van der Waals surface area contributed by atoms with E-state index < -0.39 is 21.8 Å². The Morgan fingerprint density at radius 2 is 2.00 bits per heavy atom. The van der Waals surface area contributed by atoms with Crippen LogP contribution in [-0.2, 0) is 14.6 Å². The van der Waals surface area contributed by atoms with Crippen molar-refractivity contribution in [3.63, 3.8) is 0 Å². The summed E-state index contributed by atoms with van der Waals surface area (Å²) in [6.45, 7) is 0.0202. The van der Waals surface area contributed by atoms with Crippen molar-refractivity contribution >= 4 is 15.8 Å². The molecule has 0 amide bonds. The summed E-state index contributed by atoms with van der Waals surface area (Å²) in [5.41, 5.74) is 6.26. The molecule has 8 heteroatoms. The molecular weight excluding hydrogens is 286 g/mol. The summed E-state index contributed by atoms with van der Waals surface area (Å²) >= 11 is 0. The molecule has 7 nitrogen and oxygen atoms in total. The first-order valence-corrected chi connectivity index (χ1v) is 7.79. The zero-order valence-corrected chi connectivity index (χ0v) is 11.6. The molecule has 0 fully saturated rings. The van der Waals surface area contributed by atoms with Crippen LogP contribution >= 0.6 is 0 Å². The van der Waals surface area contributed by atoms with Crippen molar-refractivity contribution in [3.05, 3.63) is 17.7 Å². The minimum Gasteiger partial charge on any atom is -0.481 e. The van der Waals surface area contributed by atoms with E-state index in [0.717, 1.165) is 6.26 Å². The van der Waals surface area contributed by atoms with Gasteiger partial charge in [-0.2, -0.15) is 0 Å². The van der Waals surface area contributed by atoms with Crippen LogP contribution in [0.4, 0.5) is 0 Å². The van der Waals surface area contributed by atoms with Gasteiger partial charge in [-0.1, -0.05) is 0 Å². The highest BCUT2D eigenvalue weighted by atomic mass is 32.2. The molecule has 1 aliphatic heterocycles. The highest BCUT2D eigenvalue weighted by Crippen LogP contribution is 2.38. The van der Waals surface area contributed by atoms with Gasteiger partial charge in [0, 0.05) is 24.8 Å². The Kier molecular flexibility index (Phi) is 3.87. The molecule has 0 saturated carbocycles. The fraction of sp³-hybridized carbons (Fsp3) is 0.417. The molecule has 1 aromatic carbocycles. The maximum absolute atomic E-state index is 11.8. The number of rotatable bonds is 5. The van der Waals surface area contributed by atoms with E-state index in [-0.39, 0.29) is 24.5 Å². The first-order valence-electron chi connectivity index (χ1n) is 5.90. The predicted octanol–water partition coefficient (Wildman–Crippen LogP) is 0.683. The van der Waals surface area contributed by atoms with E-state index >= 15 is 0 Å². The number of benzene rings is 1. The number of fused-ring (bicyclic) bond motifs is 1. The van der Waals surface area contributed by atoms with Crippen molar-refractivity contribution in [1.82, 2.24) is 0 Å². The Morgan fingerprint density at radius 1 is 1.40 bits per heavy atom. The van der Waals surface area contributed by atoms with Gasteiger partial charge in [-0.25, -0.2) is 8.42 Å². The van der Waals surface area contributed by atoms with E-state index in [2.05, 4.69) is 0 Å². The van der Waals surface area contributed by atoms with Gasteiger partial charge in [-0.05, 0) is 18.1 Å². The topological polar surface area (TPSA) is 116 Å². The molecule has 1 aliphatic rings. The summed E-state index contributed by atoms with van der Waals surface area (Å²) in [6, 6.07) is 2.17. The molecule has 1 aromatic rings. The number of carboxylic acid groups (broad SMARTS) is 1. The second-order valence-corrected chi connectivity index (χ2v) is 6.54. The van der Waals surface area contributed by atoms with Crippen LogP contribution in [-0.4, -0.2) is 32.5 Å². The maximum atomic E-state index is 11.8. The van der Waals surface area contributed by atoms with Gasteiger partial charge in [0.1, 0.15) is 0 Å². The second kappa shape index (κ2) is 5.29. The van der Waals surface area contributed by atoms with E-state index in [0.29, 0.717) is 17.1 Å². The lowest BCUT2D eigenvalue weighted by Gasteiger charge is -2.15. The number of carboxylic acids is 1. The number of carbonyl (C=O) groups is 1. The van der Waals surface area contributed by atoms with Crippen LogP contribution < -0.4 is 15.2 Å². The molecule has 3 N–H and O–H groups in total. The Balaban J connectivity index is 2.42. The lowest BCUT2D eigenvalue weighted by Crippen LogP contribution is -2.16. The maximum Gasteiger partial charge on any atom is 0.303 e. The molecule has 0 bridgehead atoms. The van der Waals surface area contributed by atoms with Crippen molar-refractivity contribution in [2.45, 2.75) is 23.8 Å². The number of ether oxygens (including phenoxy) is 2. The highest BCUT2D eigenvalue weighted by Gasteiger charge is 2.25. The summed E-state index contributed by atoms with van der Waals surface area (Å²) in [5.74, 6) is -0.222. The van der Waals surface area contributed by atoms with Crippen LogP contribution in [0.3, 0.4) is 0 Å². The van der Waals surface area contributed by atoms with Gasteiger partial charge in [0.2, 0.25) is 6.79 Å². The third kappa shape index (κ3) is 3.02. The van der Waals surface area contributed by atoms with Crippen LogP contribution in [0.25, 0.3) is 0 Å².